The maximum absolute atomic E-state index is 12.0. The van der Waals surface area contributed by atoms with E-state index in [1.165, 1.54) is 4.90 Å². The molecule has 6 heteroatoms. The van der Waals surface area contributed by atoms with E-state index in [4.69, 9.17) is 15.9 Å². The molecule has 0 bridgehead atoms. The van der Waals surface area contributed by atoms with E-state index >= 15 is 0 Å². The number of carboxylic acids is 1. The number of aliphatic carboxylic acids is 1. The van der Waals surface area contributed by atoms with Crippen molar-refractivity contribution < 1.29 is 19.8 Å². The second kappa shape index (κ2) is 10.8. The molecule has 0 radical (unpaired) electrons. The smallest absolute Gasteiger partial charge is 0.303 e. The van der Waals surface area contributed by atoms with Gasteiger partial charge in [0, 0.05) is 19.5 Å². The Labute approximate surface area is 114 Å². The molecule has 0 aromatic rings. The molecule has 1 amide bonds. The predicted molar refractivity (Wildman–Crippen MR) is 72.7 cm³/mol. The highest BCUT2D eigenvalue weighted by Gasteiger charge is 2.20. The largest absolute Gasteiger partial charge is 0.481 e. The molecule has 0 fully saturated rings. The van der Waals surface area contributed by atoms with Gasteiger partial charge in [0.05, 0.1) is 12.6 Å². The first kappa shape index (κ1) is 17.9. The monoisotopic (exact) mass is 274 g/mol. The number of hydrogen-bond acceptors (Lipinski definition) is 4. The van der Waals surface area contributed by atoms with Crippen molar-refractivity contribution in [2.45, 2.75) is 51.5 Å². The quantitative estimate of drug-likeness (QED) is 0.478. The zero-order chi connectivity index (χ0) is 14.7. The topological polar surface area (TPSA) is 104 Å². The number of aliphatic hydroxyl groups excluding tert-OH is 1. The standard InChI is InChI=1S/C13H26N2O4/c1-2-3-4-5-8-15(9-10-16)13(19)11(14)6-7-12(17)18/h11,16H,2-10,14H2,1H3,(H,17,18). The molecule has 0 saturated carbocycles. The molecule has 4 N–H and O–H groups in total. The SMILES string of the molecule is CCCCCCN(CCO)C(=O)C(N)CCC(=O)O. The molecule has 0 aliphatic rings. The number of carbonyl (C=O) groups excluding carboxylic acids is 1. The van der Waals surface area contributed by atoms with Gasteiger partial charge in [-0.2, -0.15) is 0 Å². The Hall–Kier alpha value is -1.14. The van der Waals surface area contributed by atoms with Crippen LogP contribution in [0.5, 0.6) is 0 Å². The molecule has 0 aromatic heterocycles. The van der Waals surface area contributed by atoms with E-state index in [0.717, 1.165) is 25.7 Å². The number of amides is 1. The van der Waals surface area contributed by atoms with Crippen LogP contribution in [-0.2, 0) is 9.59 Å². The minimum atomic E-state index is -0.958. The molecule has 0 aliphatic heterocycles. The average Bonchev–Trinajstić information content (AvgIpc) is 2.38. The van der Waals surface area contributed by atoms with Crippen LogP contribution in [0.15, 0.2) is 0 Å². The average molecular weight is 274 g/mol. The molecule has 0 saturated heterocycles. The lowest BCUT2D eigenvalue weighted by Crippen LogP contribution is -2.45. The van der Waals surface area contributed by atoms with Crippen molar-refractivity contribution in [2.75, 3.05) is 19.7 Å². The van der Waals surface area contributed by atoms with Gasteiger partial charge in [-0.15, -0.1) is 0 Å². The van der Waals surface area contributed by atoms with E-state index in [-0.39, 0.29) is 31.9 Å². The maximum Gasteiger partial charge on any atom is 0.303 e. The summed E-state index contributed by atoms with van der Waals surface area (Å²) in [7, 11) is 0. The van der Waals surface area contributed by atoms with E-state index in [1.807, 2.05) is 0 Å². The first-order valence-electron chi connectivity index (χ1n) is 6.90. The summed E-state index contributed by atoms with van der Waals surface area (Å²) in [4.78, 5) is 24.0. The molecule has 1 unspecified atom stereocenters. The number of carboxylic acid groups (broad SMARTS) is 1. The van der Waals surface area contributed by atoms with Gasteiger partial charge < -0.3 is 20.8 Å². The van der Waals surface area contributed by atoms with Crippen molar-refractivity contribution in [3.63, 3.8) is 0 Å². The second-order valence-electron chi connectivity index (χ2n) is 4.65. The molecule has 6 nitrogen and oxygen atoms in total. The lowest BCUT2D eigenvalue weighted by Gasteiger charge is -2.24. The van der Waals surface area contributed by atoms with Crippen LogP contribution in [0.3, 0.4) is 0 Å². The number of carbonyl (C=O) groups is 2. The summed E-state index contributed by atoms with van der Waals surface area (Å²) in [6.07, 6.45) is 4.17. The Morgan fingerprint density at radius 1 is 1.21 bits per heavy atom. The third kappa shape index (κ3) is 8.56. The number of unbranched alkanes of at least 4 members (excludes halogenated alkanes) is 3. The highest BCUT2D eigenvalue weighted by Crippen LogP contribution is 2.05. The fourth-order valence-corrected chi connectivity index (χ4v) is 1.82. The minimum Gasteiger partial charge on any atom is -0.481 e. The number of aliphatic hydroxyl groups is 1. The van der Waals surface area contributed by atoms with Crippen molar-refractivity contribution in [1.82, 2.24) is 4.90 Å². The van der Waals surface area contributed by atoms with E-state index in [9.17, 15) is 9.59 Å². The predicted octanol–water partition coefficient (Wildman–Crippen LogP) is 0.580. The molecular weight excluding hydrogens is 248 g/mol. The van der Waals surface area contributed by atoms with Gasteiger partial charge in [0.25, 0.3) is 0 Å². The van der Waals surface area contributed by atoms with Gasteiger partial charge in [0.2, 0.25) is 5.91 Å². The van der Waals surface area contributed by atoms with Crippen LogP contribution in [0.4, 0.5) is 0 Å². The van der Waals surface area contributed by atoms with Crippen LogP contribution in [0.1, 0.15) is 45.4 Å². The number of nitrogens with zero attached hydrogens (tertiary/aromatic N) is 1. The Morgan fingerprint density at radius 2 is 1.89 bits per heavy atom. The first-order chi connectivity index (χ1) is 9.02. The molecule has 1 atom stereocenters. The highest BCUT2D eigenvalue weighted by atomic mass is 16.4. The van der Waals surface area contributed by atoms with E-state index in [2.05, 4.69) is 6.92 Å². The van der Waals surface area contributed by atoms with Gasteiger partial charge in [-0.1, -0.05) is 26.2 Å². The fraction of sp³-hybridized carbons (Fsp3) is 0.846. The Bertz CT molecular complexity index is 271. The molecular formula is C13H26N2O4. The fourth-order valence-electron chi connectivity index (χ4n) is 1.82. The third-order valence-electron chi connectivity index (χ3n) is 2.95. The Balaban J connectivity index is 4.18. The maximum atomic E-state index is 12.0. The number of hydrogen-bond donors (Lipinski definition) is 3. The summed E-state index contributed by atoms with van der Waals surface area (Å²) in [5, 5.41) is 17.5. The molecule has 0 aromatic carbocycles. The van der Waals surface area contributed by atoms with Crippen LogP contribution in [-0.4, -0.2) is 52.7 Å². The summed E-state index contributed by atoms with van der Waals surface area (Å²) >= 11 is 0. The van der Waals surface area contributed by atoms with Gasteiger partial charge in [-0.3, -0.25) is 9.59 Å². The summed E-state index contributed by atoms with van der Waals surface area (Å²) in [5.74, 6) is -1.23. The second-order valence-corrected chi connectivity index (χ2v) is 4.65. The van der Waals surface area contributed by atoms with E-state index in [1.54, 1.807) is 0 Å². The zero-order valence-corrected chi connectivity index (χ0v) is 11.7. The lowest BCUT2D eigenvalue weighted by atomic mass is 10.1. The first-order valence-corrected chi connectivity index (χ1v) is 6.90. The minimum absolute atomic E-state index is 0.106. The van der Waals surface area contributed by atoms with E-state index in [0.29, 0.717) is 6.54 Å². The van der Waals surface area contributed by atoms with E-state index < -0.39 is 12.0 Å². The van der Waals surface area contributed by atoms with Crippen LogP contribution >= 0.6 is 0 Å². The van der Waals surface area contributed by atoms with Crippen molar-refractivity contribution in [2.24, 2.45) is 5.73 Å². The third-order valence-corrected chi connectivity index (χ3v) is 2.95. The zero-order valence-electron chi connectivity index (χ0n) is 11.7. The molecule has 0 rings (SSSR count). The summed E-state index contributed by atoms with van der Waals surface area (Å²) in [5.41, 5.74) is 5.69. The number of rotatable bonds is 11. The highest BCUT2D eigenvalue weighted by molar-refractivity contribution is 5.82. The molecule has 0 spiro atoms. The van der Waals surface area contributed by atoms with Gasteiger partial charge in [-0.25, -0.2) is 0 Å². The Morgan fingerprint density at radius 3 is 2.42 bits per heavy atom. The molecule has 112 valence electrons. The van der Waals surface area contributed by atoms with Gasteiger partial charge in [-0.05, 0) is 12.8 Å². The summed E-state index contributed by atoms with van der Waals surface area (Å²) in [6.45, 7) is 2.83. The summed E-state index contributed by atoms with van der Waals surface area (Å²) in [6, 6.07) is -0.797. The van der Waals surface area contributed by atoms with Crippen LogP contribution in [0.2, 0.25) is 0 Å². The summed E-state index contributed by atoms with van der Waals surface area (Å²) < 4.78 is 0. The molecule has 0 aliphatic carbocycles. The van der Waals surface area contributed by atoms with Crippen molar-refractivity contribution >= 4 is 11.9 Å². The Kier molecular flexibility index (Phi) is 10.1. The van der Waals surface area contributed by atoms with Crippen LogP contribution < -0.4 is 5.73 Å². The van der Waals surface area contributed by atoms with Gasteiger partial charge in [0.15, 0.2) is 0 Å². The van der Waals surface area contributed by atoms with Crippen molar-refractivity contribution in [3.8, 4) is 0 Å². The number of nitrogens with two attached hydrogens (primary N) is 1. The van der Waals surface area contributed by atoms with Gasteiger partial charge >= 0.3 is 5.97 Å². The molecule has 0 heterocycles. The van der Waals surface area contributed by atoms with Crippen molar-refractivity contribution in [1.29, 1.82) is 0 Å². The molecule has 19 heavy (non-hydrogen) atoms. The lowest BCUT2D eigenvalue weighted by molar-refractivity contribution is -0.137. The van der Waals surface area contributed by atoms with Crippen molar-refractivity contribution in [3.05, 3.63) is 0 Å². The normalized spacial score (nSPS) is 12.2. The van der Waals surface area contributed by atoms with Crippen LogP contribution in [0, 0.1) is 0 Å². The van der Waals surface area contributed by atoms with Gasteiger partial charge in [0.1, 0.15) is 0 Å². The van der Waals surface area contributed by atoms with Crippen LogP contribution in [0.25, 0.3) is 0 Å².